The van der Waals surface area contributed by atoms with Crippen LogP contribution in [0, 0.1) is 6.07 Å². The summed E-state index contributed by atoms with van der Waals surface area (Å²) in [5.74, 6) is 2.07. The van der Waals surface area contributed by atoms with E-state index >= 15 is 0 Å². The molecule has 0 N–H and O–H groups in total. The third-order valence-corrected chi connectivity index (χ3v) is 5.99. The van der Waals surface area contributed by atoms with E-state index in [4.69, 9.17) is 14.0 Å². The first-order valence-electron chi connectivity index (χ1n) is 12.2. The van der Waals surface area contributed by atoms with Gasteiger partial charge in [0.2, 0.25) is 0 Å². The first kappa shape index (κ1) is 25.9. The van der Waals surface area contributed by atoms with E-state index < -0.39 is 7.32 Å². The summed E-state index contributed by atoms with van der Waals surface area (Å²) < 4.78 is 18.9. The van der Waals surface area contributed by atoms with Crippen LogP contribution in [0.4, 0.5) is 5.69 Å². The summed E-state index contributed by atoms with van der Waals surface area (Å²) in [6, 6.07) is 39.8. The largest absolute Gasteiger partial charge is 0.864 e. The highest BCUT2D eigenvalue weighted by Crippen LogP contribution is 2.26. The Morgan fingerprint density at radius 3 is 1.29 bits per heavy atom. The smallest absolute Gasteiger partial charge is 0.490 e. The molecule has 0 aliphatic carbocycles. The van der Waals surface area contributed by atoms with E-state index in [2.05, 4.69) is 39.0 Å². The molecule has 0 heterocycles. The molecule has 4 nitrogen and oxygen atoms in total. The van der Waals surface area contributed by atoms with E-state index in [0.29, 0.717) is 17.2 Å². The molecule has 0 aromatic heterocycles. The zero-order valence-corrected chi connectivity index (χ0v) is 20.8. The summed E-state index contributed by atoms with van der Waals surface area (Å²) in [6.45, 7) is 9.87. The van der Waals surface area contributed by atoms with Gasteiger partial charge in [0.05, 0.1) is 19.6 Å². The van der Waals surface area contributed by atoms with Gasteiger partial charge in [-0.25, -0.2) is 0 Å². The van der Waals surface area contributed by atoms with Gasteiger partial charge in [-0.3, -0.25) is 4.48 Å². The zero-order chi connectivity index (χ0) is 24.8. The van der Waals surface area contributed by atoms with Crippen LogP contribution in [-0.4, -0.2) is 27.0 Å². The molecule has 0 radical (unpaired) electrons. The third-order valence-electron chi connectivity index (χ3n) is 5.99. The van der Waals surface area contributed by atoms with Crippen molar-refractivity contribution in [2.75, 3.05) is 19.6 Å². The maximum Gasteiger partial charge on any atom is 0.864 e. The van der Waals surface area contributed by atoms with Crippen molar-refractivity contribution in [3.63, 3.8) is 0 Å². The quantitative estimate of drug-likeness (QED) is 0.142. The van der Waals surface area contributed by atoms with Gasteiger partial charge in [-0.05, 0) is 57.2 Å². The lowest BCUT2D eigenvalue weighted by molar-refractivity contribution is 0.305. The Kier molecular flexibility index (Phi) is 10.3. The zero-order valence-electron chi connectivity index (χ0n) is 20.8. The number of rotatable bonds is 10. The first-order chi connectivity index (χ1) is 17.2. The van der Waals surface area contributed by atoms with Crippen LogP contribution in [0.2, 0.25) is 0 Å². The van der Waals surface area contributed by atoms with Crippen molar-refractivity contribution in [2.45, 2.75) is 20.8 Å². The summed E-state index contributed by atoms with van der Waals surface area (Å²) in [5.41, 5.74) is 1.29. The molecule has 0 bridgehead atoms. The van der Waals surface area contributed by atoms with Crippen LogP contribution in [0.5, 0.6) is 17.2 Å². The standard InChI is InChI=1S/C24H29BNO3.C6H5/c1-4-26(5-2,6-3)21-17-19-24(20-18-21)29-25(27-22-13-9-7-10-14-22)28-23-15-11-8-12-16-23;1-2-4-6-5-3-1/h7-20H,4-6H2,1-3H3;1-5H/q+1;-1. The third kappa shape index (κ3) is 7.94. The minimum absolute atomic E-state index is 0.684. The van der Waals surface area contributed by atoms with Crippen LogP contribution < -0.4 is 18.4 Å². The van der Waals surface area contributed by atoms with Gasteiger partial charge >= 0.3 is 7.32 Å². The van der Waals surface area contributed by atoms with Crippen molar-refractivity contribution < 1.29 is 14.0 Å². The van der Waals surface area contributed by atoms with E-state index in [1.807, 2.05) is 103 Å². The van der Waals surface area contributed by atoms with E-state index in [1.54, 1.807) is 0 Å². The van der Waals surface area contributed by atoms with Crippen molar-refractivity contribution >= 4 is 13.0 Å². The summed E-state index contributed by atoms with van der Waals surface area (Å²) in [5, 5.41) is 0. The van der Waals surface area contributed by atoms with Crippen molar-refractivity contribution in [1.82, 2.24) is 4.48 Å². The van der Waals surface area contributed by atoms with Crippen LogP contribution >= 0.6 is 0 Å². The molecule has 0 unspecified atom stereocenters. The van der Waals surface area contributed by atoms with Gasteiger partial charge < -0.3 is 14.0 Å². The van der Waals surface area contributed by atoms with Gasteiger partial charge in [0.1, 0.15) is 22.9 Å². The van der Waals surface area contributed by atoms with Crippen LogP contribution in [0.15, 0.2) is 115 Å². The summed E-state index contributed by atoms with van der Waals surface area (Å²) >= 11 is 0. The number of hydrogen-bond donors (Lipinski definition) is 0. The second-order valence-corrected chi connectivity index (χ2v) is 7.93. The molecule has 4 rings (SSSR count). The van der Waals surface area contributed by atoms with E-state index in [1.165, 1.54) is 5.69 Å². The van der Waals surface area contributed by atoms with Crippen LogP contribution in [0.1, 0.15) is 20.8 Å². The van der Waals surface area contributed by atoms with E-state index in [0.717, 1.165) is 24.1 Å². The van der Waals surface area contributed by atoms with Crippen molar-refractivity contribution in [3.8, 4) is 17.2 Å². The van der Waals surface area contributed by atoms with Crippen molar-refractivity contribution in [3.05, 3.63) is 121 Å². The molecule has 0 spiro atoms. The molecule has 0 fully saturated rings. The van der Waals surface area contributed by atoms with Gasteiger partial charge in [0.25, 0.3) is 0 Å². The Bertz CT molecular complexity index is 996. The molecule has 35 heavy (non-hydrogen) atoms. The molecule has 0 aliphatic heterocycles. The van der Waals surface area contributed by atoms with Gasteiger partial charge in [-0.15, -0.1) is 0 Å². The number of benzene rings is 4. The van der Waals surface area contributed by atoms with Gasteiger partial charge in [0, 0.05) is 12.1 Å². The maximum atomic E-state index is 6.04. The van der Waals surface area contributed by atoms with Gasteiger partial charge in [-0.1, -0.05) is 36.4 Å². The maximum absolute atomic E-state index is 6.04. The Morgan fingerprint density at radius 2 is 0.943 bits per heavy atom. The molecule has 4 aromatic carbocycles. The summed E-state index contributed by atoms with van der Waals surface area (Å²) in [4.78, 5) is 0. The Labute approximate surface area is 210 Å². The highest BCUT2D eigenvalue weighted by atomic mass is 16.7. The normalized spacial score (nSPS) is 10.5. The molecule has 4 aromatic rings. The summed E-state index contributed by atoms with van der Waals surface area (Å²) in [7, 11) is -0.895. The average molecular weight is 467 g/mol. The molecular formula is C30H34BNO3. The van der Waals surface area contributed by atoms with Crippen LogP contribution in [0.25, 0.3) is 0 Å². The van der Waals surface area contributed by atoms with Crippen LogP contribution in [-0.2, 0) is 0 Å². The van der Waals surface area contributed by atoms with Gasteiger partial charge in [-0.2, -0.15) is 36.4 Å². The second-order valence-electron chi connectivity index (χ2n) is 7.93. The first-order valence-corrected chi connectivity index (χ1v) is 12.2. The lowest BCUT2D eigenvalue weighted by Crippen LogP contribution is -2.48. The van der Waals surface area contributed by atoms with E-state index in [9.17, 15) is 0 Å². The van der Waals surface area contributed by atoms with Crippen molar-refractivity contribution in [2.24, 2.45) is 0 Å². The Morgan fingerprint density at radius 1 is 0.543 bits per heavy atom. The molecule has 0 atom stereocenters. The number of nitrogens with zero attached hydrogens (tertiary/aromatic N) is 1. The highest BCUT2D eigenvalue weighted by molar-refractivity contribution is 6.39. The minimum atomic E-state index is -0.895. The number of quaternary nitrogens is 1. The number of hydrogen-bond acceptors (Lipinski definition) is 3. The summed E-state index contributed by atoms with van der Waals surface area (Å²) in [6.07, 6.45) is 0. The monoisotopic (exact) mass is 467 g/mol. The lowest BCUT2D eigenvalue weighted by Gasteiger charge is -2.35. The SMILES string of the molecule is CC[N+](CC)(CC)c1ccc(OB(Oc2ccccc2)Oc2ccccc2)cc1.[c-]1ccccc1. The fourth-order valence-electron chi connectivity index (χ4n) is 3.81. The molecule has 5 heteroatoms. The van der Waals surface area contributed by atoms with Crippen LogP contribution in [0.3, 0.4) is 0 Å². The fraction of sp³-hybridized carbons (Fsp3) is 0.200. The molecule has 0 amide bonds. The molecule has 180 valence electrons. The minimum Gasteiger partial charge on any atom is -0.490 e. The Balaban J connectivity index is 0.000000497. The van der Waals surface area contributed by atoms with Crippen molar-refractivity contribution in [1.29, 1.82) is 0 Å². The molecule has 0 aliphatic rings. The van der Waals surface area contributed by atoms with Gasteiger partial charge in [0.15, 0.2) is 0 Å². The predicted octanol–water partition coefficient (Wildman–Crippen LogP) is 7.06. The highest BCUT2D eigenvalue weighted by Gasteiger charge is 2.31. The molecule has 0 saturated carbocycles. The second kappa shape index (κ2) is 13.9. The average Bonchev–Trinajstić information content (AvgIpc) is 2.93. The predicted molar refractivity (Wildman–Crippen MR) is 146 cm³/mol. The number of para-hydroxylation sites is 2. The molecule has 0 saturated heterocycles. The fourth-order valence-corrected chi connectivity index (χ4v) is 3.81. The Hall–Kier alpha value is -3.70. The molecular weight excluding hydrogens is 433 g/mol. The topological polar surface area (TPSA) is 27.7 Å². The van der Waals surface area contributed by atoms with E-state index in [-0.39, 0.29) is 0 Å². The lowest BCUT2D eigenvalue weighted by atomic mass is 10.1.